The second-order valence-electron chi connectivity index (χ2n) is 6.08. The molecule has 3 aromatic rings. The smallest absolute Gasteiger partial charge is 0.379 e. The van der Waals surface area contributed by atoms with Crippen molar-refractivity contribution in [3.05, 3.63) is 77.4 Å². The number of hydrogen-bond donors (Lipinski definition) is 0. The molecule has 0 bridgehead atoms. The Bertz CT molecular complexity index is 1130. The van der Waals surface area contributed by atoms with Gasteiger partial charge >= 0.3 is 5.97 Å². The van der Waals surface area contributed by atoms with E-state index in [1.165, 1.54) is 24.5 Å². The van der Waals surface area contributed by atoms with Crippen LogP contribution in [0.15, 0.2) is 65.0 Å². The van der Waals surface area contributed by atoms with E-state index in [0.717, 1.165) is 5.56 Å². The van der Waals surface area contributed by atoms with Crippen LogP contribution in [0.5, 0.6) is 23.0 Å². The lowest BCUT2D eigenvalue weighted by molar-refractivity contribution is 0.0701. The molecule has 0 spiro atoms. The summed E-state index contributed by atoms with van der Waals surface area (Å²) >= 11 is 0. The van der Waals surface area contributed by atoms with Crippen molar-refractivity contribution in [1.29, 1.82) is 0 Å². The van der Waals surface area contributed by atoms with Crippen LogP contribution < -0.4 is 18.9 Å². The van der Waals surface area contributed by atoms with Gasteiger partial charge in [0.15, 0.2) is 17.3 Å². The van der Waals surface area contributed by atoms with Crippen LogP contribution in [0.3, 0.4) is 0 Å². The van der Waals surface area contributed by atoms with Crippen molar-refractivity contribution in [3.8, 4) is 23.0 Å². The maximum absolute atomic E-state index is 12.6. The average molecular weight is 376 g/mol. The van der Waals surface area contributed by atoms with Crippen molar-refractivity contribution in [3.63, 3.8) is 0 Å². The second kappa shape index (κ2) is 6.31. The number of ketones is 1. The first-order valence-electron chi connectivity index (χ1n) is 8.41. The third kappa shape index (κ3) is 2.79. The molecule has 0 radical (unpaired) electrons. The molecule has 0 saturated heterocycles. The molecule has 0 fully saturated rings. The summed E-state index contributed by atoms with van der Waals surface area (Å²) in [6.07, 6.45) is 3.01. The van der Waals surface area contributed by atoms with E-state index >= 15 is 0 Å². The lowest BCUT2D eigenvalue weighted by Gasteiger charge is -2.04. The number of carbonyl (C=O) groups is 2. The Balaban J connectivity index is 1.38. The zero-order chi connectivity index (χ0) is 19.1. The van der Waals surface area contributed by atoms with Crippen LogP contribution in [0.2, 0.25) is 0 Å². The van der Waals surface area contributed by atoms with Crippen LogP contribution in [0.1, 0.15) is 26.5 Å². The number of fused-ring (bicyclic) bond motifs is 2. The molecule has 5 rings (SSSR count). The molecule has 2 aliphatic rings. The minimum absolute atomic E-state index is 0.0842. The fraction of sp³-hybridized carbons (Fsp3) is 0.0476. The summed E-state index contributed by atoms with van der Waals surface area (Å²) in [4.78, 5) is 24.6. The molecule has 2 aliphatic heterocycles. The summed E-state index contributed by atoms with van der Waals surface area (Å²) in [5.41, 5.74) is 1.13. The van der Waals surface area contributed by atoms with Crippen LogP contribution in [0, 0.1) is 0 Å². The fourth-order valence-corrected chi connectivity index (χ4v) is 2.94. The highest BCUT2D eigenvalue weighted by Crippen LogP contribution is 2.37. The number of esters is 1. The Morgan fingerprint density at radius 3 is 2.75 bits per heavy atom. The molecular weight excluding hydrogens is 364 g/mol. The quantitative estimate of drug-likeness (QED) is 0.390. The number of carbonyl (C=O) groups excluding carboxylic acids is 2. The van der Waals surface area contributed by atoms with Gasteiger partial charge in [-0.15, -0.1) is 0 Å². The minimum atomic E-state index is -0.634. The highest BCUT2D eigenvalue weighted by Gasteiger charge is 2.28. The van der Waals surface area contributed by atoms with Crippen molar-refractivity contribution in [2.24, 2.45) is 0 Å². The second-order valence-corrected chi connectivity index (χ2v) is 6.08. The van der Waals surface area contributed by atoms with Crippen LogP contribution >= 0.6 is 0 Å². The number of furan rings is 1. The zero-order valence-electron chi connectivity index (χ0n) is 14.3. The molecule has 0 unspecified atom stereocenters. The van der Waals surface area contributed by atoms with Gasteiger partial charge in [-0.3, -0.25) is 4.79 Å². The standard InChI is InChI=1S/C21H12O7/c22-20-14-5-4-13(27-21(23)16-2-1-7-24-16)10-17(14)28-19(20)9-12-3-6-15-18(8-12)26-11-25-15/h1-10H,11H2/b19-9-. The van der Waals surface area contributed by atoms with E-state index in [9.17, 15) is 9.59 Å². The molecule has 7 heteroatoms. The Labute approximate surface area is 158 Å². The molecule has 7 nitrogen and oxygen atoms in total. The van der Waals surface area contributed by atoms with Gasteiger partial charge in [-0.1, -0.05) is 6.07 Å². The van der Waals surface area contributed by atoms with Crippen LogP contribution in [-0.2, 0) is 0 Å². The topological polar surface area (TPSA) is 84.2 Å². The van der Waals surface area contributed by atoms with Crippen molar-refractivity contribution >= 4 is 17.8 Å². The summed E-state index contributed by atoms with van der Waals surface area (Å²) in [5, 5.41) is 0. The summed E-state index contributed by atoms with van der Waals surface area (Å²) in [6.45, 7) is 0.176. The van der Waals surface area contributed by atoms with Crippen molar-refractivity contribution in [2.45, 2.75) is 0 Å². The van der Waals surface area contributed by atoms with Gasteiger partial charge in [0.2, 0.25) is 18.3 Å². The first-order chi connectivity index (χ1) is 13.7. The van der Waals surface area contributed by atoms with Gasteiger partial charge in [0.05, 0.1) is 11.8 Å². The molecule has 0 amide bonds. The number of benzene rings is 2. The number of ether oxygens (including phenoxy) is 4. The van der Waals surface area contributed by atoms with Crippen molar-refractivity contribution < 1.29 is 33.0 Å². The maximum Gasteiger partial charge on any atom is 0.379 e. The van der Waals surface area contributed by atoms with E-state index in [4.69, 9.17) is 23.4 Å². The SMILES string of the molecule is O=C(Oc1ccc2c(c1)O/C(=C\c1ccc3c(c1)OCO3)C2=O)c1ccco1. The van der Waals surface area contributed by atoms with E-state index in [-0.39, 0.29) is 29.8 Å². The Kier molecular flexibility index (Phi) is 3.65. The van der Waals surface area contributed by atoms with Gasteiger partial charge < -0.3 is 23.4 Å². The van der Waals surface area contributed by atoms with Gasteiger partial charge in [-0.05, 0) is 48.0 Å². The normalized spacial score (nSPS) is 15.4. The molecule has 2 aromatic carbocycles. The van der Waals surface area contributed by atoms with Gasteiger partial charge in [0.1, 0.15) is 11.5 Å². The number of allylic oxidation sites excluding steroid dienone is 1. The first kappa shape index (κ1) is 16.2. The number of rotatable bonds is 3. The van der Waals surface area contributed by atoms with E-state index < -0.39 is 5.97 Å². The molecule has 3 heterocycles. The Morgan fingerprint density at radius 1 is 1.00 bits per heavy atom. The number of Topliss-reactive ketones (excluding diaryl/α,β-unsaturated/α-hetero) is 1. The predicted molar refractivity (Wildman–Crippen MR) is 95.6 cm³/mol. The highest BCUT2D eigenvalue weighted by atomic mass is 16.7. The minimum Gasteiger partial charge on any atom is -0.457 e. The summed E-state index contributed by atoms with van der Waals surface area (Å²) in [6, 6.07) is 13.0. The maximum atomic E-state index is 12.6. The first-order valence-corrected chi connectivity index (χ1v) is 8.41. The third-order valence-corrected chi connectivity index (χ3v) is 4.27. The van der Waals surface area contributed by atoms with Gasteiger partial charge in [0.25, 0.3) is 0 Å². The third-order valence-electron chi connectivity index (χ3n) is 4.27. The average Bonchev–Trinajstić information content (AvgIpc) is 3.43. The van der Waals surface area contributed by atoms with Crippen molar-refractivity contribution in [1.82, 2.24) is 0 Å². The van der Waals surface area contributed by atoms with E-state index in [0.29, 0.717) is 22.8 Å². The molecule has 0 aliphatic carbocycles. The Morgan fingerprint density at radius 2 is 1.89 bits per heavy atom. The molecule has 138 valence electrons. The van der Waals surface area contributed by atoms with Gasteiger partial charge in [0, 0.05) is 6.07 Å². The molecule has 0 N–H and O–H groups in total. The zero-order valence-corrected chi connectivity index (χ0v) is 14.3. The largest absolute Gasteiger partial charge is 0.457 e. The van der Waals surface area contributed by atoms with Crippen LogP contribution in [-0.4, -0.2) is 18.5 Å². The lowest BCUT2D eigenvalue weighted by Crippen LogP contribution is -2.07. The molecule has 28 heavy (non-hydrogen) atoms. The fourth-order valence-electron chi connectivity index (χ4n) is 2.94. The monoisotopic (exact) mass is 376 g/mol. The van der Waals surface area contributed by atoms with Crippen LogP contribution in [0.25, 0.3) is 6.08 Å². The van der Waals surface area contributed by atoms with E-state index in [1.54, 1.807) is 36.4 Å². The Hall–Kier alpha value is -4.00. The highest BCUT2D eigenvalue weighted by molar-refractivity contribution is 6.14. The van der Waals surface area contributed by atoms with Gasteiger partial charge in [-0.25, -0.2) is 4.79 Å². The predicted octanol–water partition coefficient (Wildman–Crippen LogP) is 3.84. The summed E-state index contributed by atoms with van der Waals surface area (Å²) < 4.78 is 26.6. The molecule has 1 aromatic heterocycles. The van der Waals surface area contributed by atoms with Crippen LogP contribution in [0.4, 0.5) is 0 Å². The van der Waals surface area contributed by atoms with Crippen molar-refractivity contribution in [2.75, 3.05) is 6.79 Å². The molecule has 0 atom stereocenters. The molecule has 0 saturated carbocycles. The summed E-state index contributed by atoms with van der Waals surface area (Å²) in [7, 11) is 0. The molecular formula is C21H12O7. The number of hydrogen-bond acceptors (Lipinski definition) is 7. The van der Waals surface area contributed by atoms with Gasteiger partial charge in [-0.2, -0.15) is 0 Å². The van der Waals surface area contributed by atoms with E-state index in [2.05, 4.69) is 0 Å². The summed E-state index contributed by atoms with van der Waals surface area (Å²) in [5.74, 6) is 1.21. The van der Waals surface area contributed by atoms with E-state index in [1.807, 2.05) is 0 Å². The lowest BCUT2D eigenvalue weighted by atomic mass is 10.1.